The fourth-order valence-electron chi connectivity index (χ4n) is 2.80. The number of carbonyl (C=O) groups excluding carboxylic acids is 2. The van der Waals surface area contributed by atoms with E-state index in [-0.39, 0.29) is 30.1 Å². The second-order valence-electron chi connectivity index (χ2n) is 5.38. The summed E-state index contributed by atoms with van der Waals surface area (Å²) in [5.41, 5.74) is 1.63. The summed E-state index contributed by atoms with van der Waals surface area (Å²) in [4.78, 5) is 25.6. The van der Waals surface area contributed by atoms with Gasteiger partial charge in [-0.2, -0.15) is 0 Å². The first-order chi connectivity index (χ1) is 9.74. The lowest BCUT2D eigenvalue weighted by molar-refractivity contribution is -0.119. The maximum atomic E-state index is 12.1. The molecule has 2 N–H and O–H groups in total. The molecular weight excluding hydrogens is 290 g/mol. The van der Waals surface area contributed by atoms with E-state index >= 15 is 0 Å². The molecule has 21 heavy (non-hydrogen) atoms. The molecule has 2 heterocycles. The summed E-state index contributed by atoms with van der Waals surface area (Å²) in [7, 11) is 0. The molecular formula is C15H20ClN3O2. The first-order valence-corrected chi connectivity index (χ1v) is 7.16. The lowest BCUT2D eigenvalue weighted by atomic mass is 10.1. The number of amides is 2. The van der Waals surface area contributed by atoms with Crippen molar-refractivity contribution >= 4 is 35.6 Å². The molecule has 2 fully saturated rings. The van der Waals surface area contributed by atoms with Crippen molar-refractivity contribution in [1.29, 1.82) is 0 Å². The Hall–Kier alpha value is -1.59. The molecule has 2 saturated heterocycles. The van der Waals surface area contributed by atoms with E-state index in [9.17, 15) is 9.59 Å². The lowest BCUT2D eigenvalue weighted by Gasteiger charge is -2.17. The van der Waals surface area contributed by atoms with Crippen LogP contribution in [0.3, 0.4) is 0 Å². The summed E-state index contributed by atoms with van der Waals surface area (Å²) >= 11 is 0. The number of rotatable bonds is 3. The Morgan fingerprint density at radius 1 is 1.38 bits per heavy atom. The molecule has 3 rings (SSSR count). The van der Waals surface area contributed by atoms with Crippen LogP contribution in [0.15, 0.2) is 24.3 Å². The van der Waals surface area contributed by atoms with Crippen LogP contribution < -0.4 is 15.5 Å². The SMILES string of the molecule is Cl.O=C(Nc1cccc(N2CCCC2=O)c1)C1CCNC1. The van der Waals surface area contributed by atoms with Gasteiger partial charge in [-0.25, -0.2) is 0 Å². The summed E-state index contributed by atoms with van der Waals surface area (Å²) in [6.07, 6.45) is 2.41. The molecule has 114 valence electrons. The zero-order valence-corrected chi connectivity index (χ0v) is 12.6. The van der Waals surface area contributed by atoms with Gasteiger partial charge in [-0.15, -0.1) is 12.4 Å². The largest absolute Gasteiger partial charge is 0.326 e. The fourth-order valence-corrected chi connectivity index (χ4v) is 2.80. The number of halogens is 1. The Labute approximate surface area is 130 Å². The van der Waals surface area contributed by atoms with Gasteiger partial charge in [0.15, 0.2) is 0 Å². The van der Waals surface area contributed by atoms with Crippen LogP contribution in [0.2, 0.25) is 0 Å². The average Bonchev–Trinajstić information content (AvgIpc) is 3.10. The highest BCUT2D eigenvalue weighted by Gasteiger charge is 2.24. The van der Waals surface area contributed by atoms with E-state index < -0.39 is 0 Å². The minimum atomic E-state index is 0. The summed E-state index contributed by atoms with van der Waals surface area (Å²) in [5.74, 6) is 0.264. The van der Waals surface area contributed by atoms with Crippen LogP contribution in [0.1, 0.15) is 19.3 Å². The number of carbonyl (C=O) groups is 2. The molecule has 0 aliphatic carbocycles. The van der Waals surface area contributed by atoms with Gasteiger partial charge in [0.25, 0.3) is 0 Å². The molecule has 0 aromatic heterocycles. The maximum absolute atomic E-state index is 12.1. The van der Waals surface area contributed by atoms with Crippen LogP contribution in [0, 0.1) is 5.92 Å². The van der Waals surface area contributed by atoms with Crippen molar-refractivity contribution in [2.75, 3.05) is 29.9 Å². The summed E-state index contributed by atoms with van der Waals surface area (Å²) < 4.78 is 0. The van der Waals surface area contributed by atoms with Crippen molar-refractivity contribution in [2.45, 2.75) is 19.3 Å². The number of nitrogens with zero attached hydrogens (tertiary/aromatic N) is 1. The topological polar surface area (TPSA) is 61.4 Å². The molecule has 1 atom stereocenters. The van der Waals surface area contributed by atoms with E-state index in [4.69, 9.17) is 0 Å². The van der Waals surface area contributed by atoms with Crippen LogP contribution in [0.4, 0.5) is 11.4 Å². The number of anilines is 2. The first-order valence-electron chi connectivity index (χ1n) is 7.16. The third kappa shape index (κ3) is 3.54. The van der Waals surface area contributed by atoms with Crippen molar-refractivity contribution in [2.24, 2.45) is 5.92 Å². The monoisotopic (exact) mass is 309 g/mol. The predicted octanol–water partition coefficient (Wildman–Crippen LogP) is 1.78. The average molecular weight is 310 g/mol. The third-order valence-corrected chi connectivity index (χ3v) is 3.93. The number of hydrogen-bond acceptors (Lipinski definition) is 3. The van der Waals surface area contributed by atoms with Gasteiger partial charge in [-0.1, -0.05) is 6.07 Å². The number of benzene rings is 1. The maximum Gasteiger partial charge on any atom is 0.228 e. The van der Waals surface area contributed by atoms with E-state index in [1.54, 1.807) is 4.90 Å². The predicted molar refractivity (Wildman–Crippen MR) is 84.9 cm³/mol. The quantitative estimate of drug-likeness (QED) is 0.895. The highest BCUT2D eigenvalue weighted by atomic mass is 35.5. The molecule has 5 nitrogen and oxygen atoms in total. The fraction of sp³-hybridized carbons (Fsp3) is 0.467. The molecule has 1 aromatic carbocycles. The molecule has 2 aliphatic heterocycles. The number of hydrogen-bond donors (Lipinski definition) is 2. The van der Waals surface area contributed by atoms with E-state index in [2.05, 4.69) is 10.6 Å². The summed E-state index contributed by atoms with van der Waals surface area (Å²) in [6, 6.07) is 7.53. The van der Waals surface area contributed by atoms with Crippen molar-refractivity contribution in [1.82, 2.24) is 5.32 Å². The van der Waals surface area contributed by atoms with E-state index in [0.29, 0.717) is 6.42 Å². The molecule has 0 spiro atoms. The van der Waals surface area contributed by atoms with Gasteiger partial charge in [-0.05, 0) is 37.6 Å². The van der Waals surface area contributed by atoms with Crippen LogP contribution >= 0.6 is 12.4 Å². The lowest BCUT2D eigenvalue weighted by Crippen LogP contribution is -2.25. The normalized spacial score (nSPS) is 21.2. The molecule has 0 radical (unpaired) electrons. The first kappa shape index (κ1) is 15.8. The zero-order valence-electron chi connectivity index (χ0n) is 11.8. The highest BCUT2D eigenvalue weighted by Crippen LogP contribution is 2.24. The highest BCUT2D eigenvalue weighted by molar-refractivity contribution is 5.97. The Morgan fingerprint density at radius 3 is 2.90 bits per heavy atom. The summed E-state index contributed by atoms with van der Waals surface area (Å²) in [5, 5.41) is 6.13. The van der Waals surface area contributed by atoms with Crippen molar-refractivity contribution in [3.05, 3.63) is 24.3 Å². The summed E-state index contributed by atoms with van der Waals surface area (Å²) in [6.45, 7) is 2.42. The van der Waals surface area contributed by atoms with Crippen LogP contribution in [-0.4, -0.2) is 31.4 Å². The molecule has 6 heteroatoms. The molecule has 1 unspecified atom stereocenters. The smallest absolute Gasteiger partial charge is 0.228 e. The van der Waals surface area contributed by atoms with Crippen molar-refractivity contribution in [3.63, 3.8) is 0 Å². The minimum Gasteiger partial charge on any atom is -0.326 e. The molecule has 2 amide bonds. The van der Waals surface area contributed by atoms with Gasteiger partial charge in [0, 0.05) is 30.9 Å². The van der Waals surface area contributed by atoms with Gasteiger partial charge in [-0.3, -0.25) is 9.59 Å². The van der Waals surface area contributed by atoms with Gasteiger partial charge in [0.1, 0.15) is 0 Å². The van der Waals surface area contributed by atoms with Crippen molar-refractivity contribution < 1.29 is 9.59 Å². The number of nitrogens with one attached hydrogen (secondary N) is 2. The molecule has 0 saturated carbocycles. The third-order valence-electron chi connectivity index (χ3n) is 3.93. The Kier molecular flexibility index (Phi) is 5.20. The molecule has 1 aromatic rings. The van der Waals surface area contributed by atoms with Crippen LogP contribution in [0.25, 0.3) is 0 Å². The second-order valence-corrected chi connectivity index (χ2v) is 5.38. The second kappa shape index (κ2) is 6.91. The van der Waals surface area contributed by atoms with Gasteiger partial charge >= 0.3 is 0 Å². The van der Waals surface area contributed by atoms with Gasteiger partial charge < -0.3 is 15.5 Å². The standard InChI is InChI=1S/C15H19N3O2.ClH/c19-14-5-2-8-18(14)13-4-1-3-12(9-13)17-15(20)11-6-7-16-10-11;/h1,3-4,9,11,16H,2,5-8,10H2,(H,17,20);1H. The van der Waals surface area contributed by atoms with E-state index in [0.717, 1.165) is 43.9 Å². The van der Waals surface area contributed by atoms with Crippen LogP contribution in [-0.2, 0) is 9.59 Å². The van der Waals surface area contributed by atoms with E-state index in [1.807, 2.05) is 24.3 Å². The van der Waals surface area contributed by atoms with E-state index in [1.165, 1.54) is 0 Å². The molecule has 2 aliphatic rings. The Bertz CT molecular complexity index is 529. The van der Waals surface area contributed by atoms with Crippen molar-refractivity contribution in [3.8, 4) is 0 Å². The van der Waals surface area contributed by atoms with Gasteiger partial charge in [0.2, 0.25) is 11.8 Å². The van der Waals surface area contributed by atoms with Crippen LogP contribution in [0.5, 0.6) is 0 Å². The molecule has 0 bridgehead atoms. The zero-order chi connectivity index (χ0) is 13.9. The Morgan fingerprint density at radius 2 is 2.24 bits per heavy atom. The minimum absolute atomic E-state index is 0. The Balaban J connectivity index is 0.00000161. The van der Waals surface area contributed by atoms with Gasteiger partial charge in [0.05, 0.1) is 5.92 Å².